The molecular formula is C16H19F2NS. The van der Waals surface area contributed by atoms with Crippen LogP contribution in [0.25, 0.3) is 0 Å². The van der Waals surface area contributed by atoms with Crippen LogP contribution in [0.2, 0.25) is 0 Å². The Kier molecular flexibility index (Phi) is 4.89. The van der Waals surface area contributed by atoms with Gasteiger partial charge < -0.3 is 5.32 Å². The van der Waals surface area contributed by atoms with Crippen LogP contribution < -0.4 is 5.32 Å². The molecule has 1 nitrogen and oxygen atoms in total. The van der Waals surface area contributed by atoms with Crippen LogP contribution >= 0.6 is 11.3 Å². The van der Waals surface area contributed by atoms with E-state index in [0.29, 0.717) is 5.56 Å². The van der Waals surface area contributed by atoms with E-state index in [1.807, 2.05) is 13.8 Å². The van der Waals surface area contributed by atoms with E-state index in [9.17, 15) is 8.78 Å². The van der Waals surface area contributed by atoms with Crippen molar-refractivity contribution in [2.45, 2.75) is 33.2 Å². The van der Waals surface area contributed by atoms with Gasteiger partial charge in [-0.25, -0.2) is 8.78 Å². The summed E-state index contributed by atoms with van der Waals surface area (Å²) in [6.07, 6.45) is 0.961. The third-order valence-corrected chi connectivity index (χ3v) is 4.43. The van der Waals surface area contributed by atoms with Crippen LogP contribution in [0.5, 0.6) is 0 Å². The fourth-order valence-corrected chi connectivity index (χ4v) is 3.44. The number of hydrogen-bond acceptors (Lipinski definition) is 2. The van der Waals surface area contributed by atoms with Gasteiger partial charge in [-0.1, -0.05) is 13.0 Å². The summed E-state index contributed by atoms with van der Waals surface area (Å²) < 4.78 is 27.2. The van der Waals surface area contributed by atoms with E-state index in [1.54, 1.807) is 11.3 Å². The highest BCUT2D eigenvalue weighted by molar-refractivity contribution is 7.12. The topological polar surface area (TPSA) is 12.0 Å². The molecule has 0 radical (unpaired) electrons. The maximum atomic E-state index is 14.1. The van der Waals surface area contributed by atoms with Crippen LogP contribution in [0.15, 0.2) is 24.3 Å². The molecule has 0 aliphatic rings. The number of halogens is 2. The molecule has 0 saturated heterocycles. The summed E-state index contributed by atoms with van der Waals surface area (Å²) in [4.78, 5) is 2.30. The van der Waals surface area contributed by atoms with Gasteiger partial charge in [-0.2, -0.15) is 0 Å². The van der Waals surface area contributed by atoms with E-state index in [-0.39, 0.29) is 6.04 Å². The van der Waals surface area contributed by atoms with Gasteiger partial charge in [-0.3, -0.25) is 0 Å². The average Bonchev–Trinajstić information content (AvgIpc) is 2.71. The van der Waals surface area contributed by atoms with Crippen molar-refractivity contribution >= 4 is 11.3 Å². The van der Waals surface area contributed by atoms with Gasteiger partial charge in [0, 0.05) is 21.4 Å². The smallest absolute Gasteiger partial charge is 0.131 e. The summed E-state index contributed by atoms with van der Waals surface area (Å²) >= 11 is 1.66. The molecule has 1 heterocycles. The Morgan fingerprint density at radius 2 is 1.95 bits per heavy atom. The Balaban J connectivity index is 2.44. The van der Waals surface area contributed by atoms with Crippen molar-refractivity contribution in [3.63, 3.8) is 0 Å². The molecule has 1 aromatic heterocycles. The summed E-state index contributed by atoms with van der Waals surface area (Å²) in [5, 5.41) is 3.36. The molecule has 0 aliphatic heterocycles. The first-order valence-corrected chi connectivity index (χ1v) is 7.59. The molecule has 2 rings (SSSR count). The van der Waals surface area contributed by atoms with E-state index < -0.39 is 11.6 Å². The molecule has 1 atom stereocenters. The monoisotopic (exact) mass is 295 g/mol. The molecule has 2 aromatic rings. The highest BCUT2D eigenvalue weighted by atomic mass is 32.1. The molecule has 4 heteroatoms. The zero-order valence-electron chi connectivity index (χ0n) is 12.0. The molecule has 0 spiro atoms. The highest BCUT2D eigenvalue weighted by Gasteiger charge is 2.21. The molecule has 20 heavy (non-hydrogen) atoms. The summed E-state index contributed by atoms with van der Waals surface area (Å²) in [6, 6.07) is 5.68. The maximum Gasteiger partial charge on any atom is 0.131 e. The predicted octanol–water partition coefficient (Wildman–Crippen LogP) is 4.73. The minimum Gasteiger partial charge on any atom is -0.306 e. The van der Waals surface area contributed by atoms with Crippen LogP contribution in [-0.2, 0) is 0 Å². The molecule has 0 fully saturated rings. The molecule has 1 aromatic carbocycles. The summed E-state index contributed by atoms with van der Waals surface area (Å²) in [6.45, 7) is 6.93. The quantitative estimate of drug-likeness (QED) is 0.840. The van der Waals surface area contributed by atoms with Crippen molar-refractivity contribution in [1.82, 2.24) is 5.32 Å². The van der Waals surface area contributed by atoms with Crippen molar-refractivity contribution in [2.24, 2.45) is 0 Å². The Bertz CT molecular complexity index is 592. The molecular weight excluding hydrogens is 276 g/mol. The minimum absolute atomic E-state index is 0.214. The highest BCUT2D eigenvalue weighted by Crippen LogP contribution is 2.33. The van der Waals surface area contributed by atoms with Crippen molar-refractivity contribution in [2.75, 3.05) is 6.54 Å². The lowest BCUT2D eigenvalue weighted by atomic mass is 10.0. The predicted molar refractivity (Wildman–Crippen MR) is 80.3 cm³/mol. The lowest BCUT2D eigenvalue weighted by molar-refractivity contribution is 0.535. The first-order chi connectivity index (χ1) is 9.52. The Hall–Kier alpha value is -1.26. The van der Waals surface area contributed by atoms with Crippen molar-refractivity contribution in [1.29, 1.82) is 0 Å². The van der Waals surface area contributed by atoms with Crippen LogP contribution in [0.4, 0.5) is 8.78 Å². The summed E-state index contributed by atoms with van der Waals surface area (Å²) in [5.74, 6) is -1.04. The molecule has 0 saturated carbocycles. The van der Waals surface area contributed by atoms with Crippen molar-refractivity contribution in [3.8, 4) is 0 Å². The first kappa shape index (κ1) is 15.1. The second kappa shape index (κ2) is 6.46. The third-order valence-electron chi connectivity index (χ3n) is 3.21. The van der Waals surface area contributed by atoms with Gasteiger partial charge in [-0.15, -0.1) is 11.3 Å². The zero-order chi connectivity index (χ0) is 14.7. The molecule has 1 N–H and O–H groups in total. The first-order valence-electron chi connectivity index (χ1n) is 6.78. The van der Waals surface area contributed by atoms with E-state index in [0.717, 1.165) is 29.5 Å². The van der Waals surface area contributed by atoms with Gasteiger partial charge in [-0.05, 0) is 44.5 Å². The van der Waals surface area contributed by atoms with Crippen LogP contribution in [0.1, 0.15) is 40.3 Å². The van der Waals surface area contributed by atoms with Gasteiger partial charge in [0.15, 0.2) is 0 Å². The molecule has 0 bridgehead atoms. The lowest BCUT2D eigenvalue weighted by Crippen LogP contribution is -2.24. The molecule has 108 valence electrons. The van der Waals surface area contributed by atoms with Crippen LogP contribution in [0.3, 0.4) is 0 Å². The average molecular weight is 295 g/mol. The van der Waals surface area contributed by atoms with E-state index >= 15 is 0 Å². The molecule has 0 aliphatic carbocycles. The van der Waals surface area contributed by atoms with Gasteiger partial charge in [0.2, 0.25) is 0 Å². The van der Waals surface area contributed by atoms with E-state index in [4.69, 9.17) is 0 Å². The number of nitrogens with one attached hydrogen (secondary N) is 1. The number of aryl methyl sites for hydroxylation is 2. The van der Waals surface area contributed by atoms with Crippen LogP contribution in [-0.4, -0.2) is 6.54 Å². The largest absolute Gasteiger partial charge is 0.306 e. The molecule has 0 amide bonds. The van der Waals surface area contributed by atoms with Gasteiger partial charge >= 0.3 is 0 Å². The zero-order valence-corrected chi connectivity index (χ0v) is 12.8. The summed E-state index contributed by atoms with van der Waals surface area (Å²) in [7, 11) is 0. The van der Waals surface area contributed by atoms with Crippen molar-refractivity contribution < 1.29 is 8.78 Å². The number of thiophene rings is 1. The minimum atomic E-state index is -0.542. The standard InChI is InChI=1S/C16H19F2NS/c1-4-7-19-15(16-10(2)8-11(3)20-16)13-6-5-12(17)9-14(13)18/h5-6,8-9,15,19H,4,7H2,1-3H3. The second-order valence-electron chi connectivity index (χ2n) is 4.96. The van der Waals surface area contributed by atoms with E-state index in [1.165, 1.54) is 17.0 Å². The SMILES string of the molecule is CCCNC(c1ccc(F)cc1F)c1sc(C)cc1C. The van der Waals surface area contributed by atoms with Crippen molar-refractivity contribution in [3.05, 3.63) is 56.8 Å². The fourth-order valence-electron chi connectivity index (χ4n) is 2.31. The number of rotatable bonds is 5. The fraction of sp³-hybridized carbons (Fsp3) is 0.375. The Labute approximate surface area is 122 Å². The maximum absolute atomic E-state index is 14.1. The Morgan fingerprint density at radius 3 is 2.50 bits per heavy atom. The lowest BCUT2D eigenvalue weighted by Gasteiger charge is -2.19. The normalized spacial score (nSPS) is 12.7. The Morgan fingerprint density at radius 1 is 1.20 bits per heavy atom. The van der Waals surface area contributed by atoms with Crippen LogP contribution in [0, 0.1) is 25.5 Å². The van der Waals surface area contributed by atoms with Gasteiger partial charge in [0.05, 0.1) is 6.04 Å². The number of hydrogen-bond donors (Lipinski definition) is 1. The number of benzene rings is 1. The third kappa shape index (κ3) is 3.25. The van der Waals surface area contributed by atoms with E-state index in [2.05, 4.69) is 18.3 Å². The summed E-state index contributed by atoms with van der Waals surface area (Å²) in [5.41, 5.74) is 1.65. The molecule has 1 unspecified atom stereocenters. The van der Waals surface area contributed by atoms with Gasteiger partial charge in [0.25, 0.3) is 0 Å². The second-order valence-corrected chi connectivity index (χ2v) is 6.25. The van der Waals surface area contributed by atoms with Gasteiger partial charge in [0.1, 0.15) is 11.6 Å².